The van der Waals surface area contributed by atoms with Crippen molar-refractivity contribution in [3.63, 3.8) is 0 Å². The summed E-state index contributed by atoms with van der Waals surface area (Å²) >= 11 is 0. The van der Waals surface area contributed by atoms with Crippen LogP contribution in [0.25, 0.3) is 0 Å². The molecule has 1 aliphatic heterocycles. The first-order chi connectivity index (χ1) is 5.72. The molecule has 0 unspecified atom stereocenters. The van der Waals surface area contributed by atoms with E-state index in [4.69, 9.17) is 5.11 Å². The van der Waals surface area contributed by atoms with Gasteiger partial charge in [0, 0.05) is 5.54 Å². The summed E-state index contributed by atoms with van der Waals surface area (Å²) in [6.45, 7) is 0. The number of aliphatic carboxylic acids is 1. The molecule has 0 aromatic carbocycles. The highest BCUT2D eigenvalue weighted by Gasteiger charge is 2.42. The molecule has 2 aliphatic rings. The quantitative estimate of drug-likeness (QED) is 0.618. The molecule has 0 aromatic rings. The molecule has 12 heavy (non-hydrogen) atoms. The summed E-state index contributed by atoms with van der Waals surface area (Å²) in [5, 5.41) is 12.1. The van der Waals surface area contributed by atoms with E-state index in [-0.39, 0.29) is 11.6 Å². The fourth-order valence-electron chi connectivity index (χ4n) is 2.57. The van der Waals surface area contributed by atoms with Gasteiger partial charge in [0.25, 0.3) is 0 Å². The number of carbonyl (C=O) groups is 1. The van der Waals surface area contributed by atoms with Gasteiger partial charge in [-0.3, -0.25) is 10.1 Å². The Kier molecular flexibility index (Phi) is 1.83. The van der Waals surface area contributed by atoms with Crippen LogP contribution in [0.3, 0.4) is 0 Å². The van der Waals surface area contributed by atoms with Crippen molar-refractivity contribution in [2.24, 2.45) is 0 Å². The van der Waals surface area contributed by atoms with Crippen molar-refractivity contribution in [3.05, 3.63) is 0 Å². The lowest BCUT2D eigenvalue weighted by Gasteiger charge is -2.23. The Morgan fingerprint density at radius 2 is 2.00 bits per heavy atom. The molecule has 0 aromatic heterocycles. The predicted molar refractivity (Wildman–Crippen MR) is 45.0 cm³/mol. The highest BCUT2D eigenvalue weighted by molar-refractivity contribution is 5.74. The van der Waals surface area contributed by atoms with Crippen molar-refractivity contribution < 1.29 is 9.90 Å². The molecule has 0 bridgehead atoms. The molecule has 1 atom stereocenters. The van der Waals surface area contributed by atoms with Crippen LogP contribution in [0.5, 0.6) is 0 Å². The van der Waals surface area contributed by atoms with Crippen LogP contribution < -0.4 is 5.32 Å². The molecule has 2 fully saturated rings. The van der Waals surface area contributed by atoms with Crippen LogP contribution in [0.1, 0.15) is 38.5 Å². The first-order valence-electron chi connectivity index (χ1n) is 4.72. The Balaban J connectivity index is 2.01. The molecule has 1 saturated heterocycles. The van der Waals surface area contributed by atoms with Crippen LogP contribution in [-0.4, -0.2) is 22.7 Å². The molecule has 1 aliphatic carbocycles. The fraction of sp³-hybridized carbons (Fsp3) is 0.889. The van der Waals surface area contributed by atoms with E-state index in [2.05, 4.69) is 5.32 Å². The molecule has 1 heterocycles. The first kappa shape index (κ1) is 8.05. The largest absolute Gasteiger partial charge is 0.480 e. The van der Waals surface area contributed by atoms with Crippen LogP contribution in [-0.2, 0) is 4.79 Å². The molecular weight excluding hydrogens is 154 g/mol. The van der Waals surface area contributed by atoms with Gasteiger partial charge in [-0.1, -0.05) is 12.8 Å². The van der Waals surface area contributed by atoms with Crippen LogP contribution in [0.15, 0.2) is 0 Å². The van der Waals surface area contributed by atoms with E-state index in [1.807, 2.05) is 0 Å². The fourth-order valence-corrected chi connectivity index (χ4v) is 2.57. The predicted octanol–water partition coefficient (Wildman–Crippen LogP) is 1.14. The second-order valence-electron chi connectivity index (χ2n) is 4.06. The summed E-state index contributed by atoms with van der Waals surface area (Å²) in [4.78, 5) is 10.7. The van der Waals surface area contributed by atoms with Gasteiger partial charge in [-0.05, 0) is 25.7 Å². The number of carboxylic acids is 1. The second-order valence-corrected chi connectivity index (χ2v) is 4.06. The second kappa shape index (κ2) is 2.73. The Morgan fingerprint density at radius 1 is 1.33 bits per heavy atom. The van der Waals surface area contributed by atoms with Crippen molar-refractivity contribution in [1.29, 1.82) is 0 Å². The maximum atomic E-state index is 10.7. The van der Waals surface area contributed by atoms with E-state index in [0.717, 1.165) is 12.8 Å². The van der Waals surface area contributed by atoms with Crippen molar-refractivity contribution in [3.8, 4) is 0 Å². The van der Waals surface area contributed by atoms with Gasteiger partial charge < -0.3 is 5.11 Å². The molecule has 0 amide bonds. The third kappa shape index (κ3) is 1.22. The lowest BCUT2D eigenvalue weighted by Crippen LogP contribution is -2.43. The lowest BCUT2D eigenvalue weighted by atomic mass is 9.96. The van der Waals surface area contributed by atoms with Crippen LogP contribution in [0, 0.1) is 0 Å². The zero-order valence-electron chi connectivity index (χ0n) is 7.18. The monoisotopic (exact) mass is 169 g/mol. The van der Waals surface area contributed by atoms with E-state index in [1.165, 1.54) is 25.7 Å². The Hall–Kier alpha value is -0.570. The van der Waals surface area contributed by atoms with E-state index in [9.17, 15) is 4.79 Å². The smallest absolute Gasteiger partial charge is 0.320 e. The average molecular weight is 169 g/mol. The number of rotatable bonds is 1. The molecular formula is C9H15NO2. The van der Waals surface area contributed by atoms with Crippen LogP contribution >= 0.6 is 0 Å². The van der Waals surface area contributed by atoms with Gasteiger partial charge in [-0.15, -0.1) is 0 Å². The zero-order valence-corrected chi connectivity index (χ0v) is 7.18. The van der Waals surface area contributed by atoms with Crippen molar-refractivity contribution >= 4 is 5.97 Å². The normalized spacial score (nSPS) is 32.8. The van der Waals surface area contributed by atoms with E-state index >= 15 is 0 Å². The Labute approximate surface area is 72.2 Å². The standard InChI is InChI=1S/C9H15NO2/c11-8(12)7-3-6-9(10-7)4-1-2-5-9/h7,10H,1-6H2,(H,11,12)/t7-/m0/s1. The summed E-state index contributed by atoms with van der Waals surface area (Å²) in [5.41, 5.74) is 0.211. The number of hydrogen-bond acceptors (Lipinski definition) is 2. The van der Waals surface area contributed by atoms with Gasteiger partial charge in [0.1, 0.15) is 6.04 Å². The number of carboxylic acid groups (broad SMARTS) is 1. The summed E-state index contributed by atoms with van der Waals surface area (Å²) in [5.74, 6) is -0.682. The minimum atomic E-state index is -0.682. The molecule has 1 spiro atoms. The molecule has 2 N–H and O–H groups in total. The molecule has 3 nitrogen and oxygen atoms in total. The first-order valence-corrected chi connectivity index (χ1v) is 4.72. The van der Waals surface area contributed by atoms with Gasteiger partial charge in [-0.2, -0.15) is 0 Å². The van der Waals surface area contributed by atoms with E-state index < -0.39 is 5.97 Å². The summed E-state index contributed by atoms with van der Waals surface area (Å²) in [6.07, 6.45) is 6.76. The van der Waals surface area contributed by atoms with E-state index in [1.54, 1.807) is 0 Å². The molecule has 68 valence electrons. The van der Waals surface area contributed by atoms with E-state index in [0.29, 0.717) is 0 Å². The van der Waals surface area contributed by atoms with Crippen LogP contribution in [0.4, 0.5) is 0 Å². The SMILES string of the molecule is O=C(O)[C@@H]1CCC2(CCCC2)N1. The number of nitrogens with one attached hydrogen (secondary N) is 1. The van der Waals surface area contributed by atoms with Gasteiger partial charge in [0.2, 0.25) is 0 Å². The molecule has 1 saturated carbocycles. The van der Waals surface area contributed by atoms with Crippen molar-refractivity contribution in [1.82, 2.24) is 5.32 Å². The summed E-state index contributed by atoms with van der Waals surface area (Å²) in [7, 11) is 0. The number of hydrogen-bond donors (Lipinski definition) is 2. The molecule has 3 heteroatoms. The highest BCUT2D eigenvalue weighted by atomic mass is 16.4. The maximum Gasteiger partial charge on any atom is 0.320 e. The van der Waals surface area contributed by atoms with Gasteiger partial charge in [-0.25, -0.2) is 0 Å². The minimum absolute atomic E-state index is 0.211. The third-order valence-corrected chi connectivity index (χ3v) is 3.25. The minimum Gasteiger partial charge on any atom is -0.480 e. The maximum absolute atomic E-state index is 10.7. The van der Waals surface area contributed by atoms with Crippen LogP contribution in [0.2, 0.25) is 0 Å². The zero-order chi connectivity index (χ0) is 8.60. The molecule has 0 radical (unpaired) electrons. The molecule has 2 rings (SSSR count). The Bertz CT molecular complexity index is 197. The lowest BCUT2D eigenvalue weighted by molar-refractivity contribution is -0.139. The van der Waals surface area contributed by atoms with Gasteiger partial charge in [0.15, 0.2) is 0 Å². The van der Waals surface area contributed by atoms with Crippen molar-refractivity contribution in [2.75, 3.05) is 0 Å². The topological polar surface area (TPSA) is 49.3 Å². The highest BCUT2D eigenvalue weighted by Crippen LogP contribution is 2.38. The van der Waals surface area contributed by atoms with Crippen molar-refractivity contribution in [2.45, 2.75) is 50.1 Å². The van der Waals surface area contributed by atoms with Gasteiger partial charge >= 0.3 is 5.97 Å². The summed E-state index contributed by atoms with van der Waals surface area (Å²) in [6, 6.07) is -0.275. The third-order valence-electron chi connectivity index (χ3n) is 3.25. The van der Waals surface area contributed by atoms with Gasteiger partial charge in [0.05, 0.1) is 0 Å². The average Bonchev–Trinajstić information content (AvgIpc) is 2.62. The summed E-state index contributed by atoms with van der Waals surface area (Å²) < 4.78 is 0. The Morgan fingerprint density at radius 3 is 2.50 bits per heavy atom.